The van der Waals surface area contributed by atoms with Crippen LogP contribution >= 0.6 is 11.8 Å². The molecule has 9 aromatic rings. The van der Waals surface area contributed by atoms with Crippen molar-refractivity contribution >= 4 is 35.2 Å². The van der Waals surface area contributed by atoms with Crippen molar-refractivity contribution in [2.45, 2.75) is 75.8 Å². The first kappa shape index (κ1) is 53.0. The van der Waals surface area contributed by atoms with Gasteiger partial charge < -0.3 is 18.8 Å². The van der Waals surface area contributed by atoms with E-state index in [2.05, 4.69) is 84.9 Å². The average molecular weight is 1050 g/mol. The molecule has 9 rings (SSSR count). The lowest BCUT2D eigenvalue weighted by atomic mass is 9.77. The largest absolute Gasteiger partial charge is 0.461 e. The number of imidazole rings is 1. The maximum absolute atomic E-state index is 13.9. The van der Waals surface area contributed by atoms with Gasteiger partial charge in [0, 0.05) is 48.4 Å². The number of nitro benzene ring substituents is 1. The van der Waals surface area contributed by atoms with Gasteiger partial charge in [-0.25, -0.2) is 19.3 Å². The van der Waals surface area contributed by atoms with E-state index >= 15 is 0 Å². The Labute approximate surface area is 451 Å². The van der Waals surface area contributed by atoms with Crippen LogP contribution < -0.4 is 9.64 Å². The number of aromatic nitrogens is 6. The number of ether oxygens (including phenoxy) is 3. The van der Waals surface area contributed by atoms with Crippen molar-refractivity contribution in [3.8, 4) is 34.0 Å². The third-order valence-corrected chi connectivity index (χ3v) is 13.8. The Morgan fingerprint density at radius 1 is 0.727 bits per heavy atom. The first-order valence-electron chi connectivity index (χ1n) is 25.3. The number of amides is 1. The Kier molecular flexibility index (Phi) is 16.0. The summed E-state index contributed by atoms with van der Waals surface area (Å²) in [6.07, 6.45) is 0.726. The number of benzene rings is 7. The van der Waals surface area contributed by atoms with Crippen molar-refractivity contribution in [2.24, 2.45) is 0 Å². The summed E-state index contributed by atoms with van der Waals surface area (Å²) in [7, 11) is 1.41. The van der Waals surface area contributed by atoms with Gasteiger partial charge in [-0.15, -0.1) is 16.9 Å². The quantitative estimate of drug-likeness (QED) is 0.0247. The minimum atomic E-state index is -0.927. The molecular formula is C61H58N8O7S. The fourth-order valence-corrected chi connectivity index (χ4v) is 10.2. The van der Waals surface area contributed by atoms with Gasteiger partial charge in [0.2, 0.25) is 0 Å². The Balaban J connectivity index is 0.975. The van der Waals surface area contributed by atoms with Gasteiger partial charge in [-0.1, -0.05) is 146 Å². The average Bonchev–Trinajstić information content (AvgIpc) is 4.12. The summed E-state index contributed by atoms with van der Waals surface area (Å²) < 4.78 is 21.2. The summed E-state index contributed by atoms with van der Waals surface area (Å²) in [5.74, 6) is 2.09. The summed E-state index contributed by atoms with van der Waals surface area (Å²) in [6, 6.07) is 59.1. The molecule has 0 saturated heterocycles. The molecule has 0 aliphatic heterocycles. The van der Waals surface area contributed by atoms with Gasteiger partial charge in [0.25, 0.3) is 5.69 Å². The van der Waals surface area contributed by atoms with Crippen LogP contribution in [0.25, 0.3) is 22.5 Å². The molecule has 2 aromatic heterocycles. The fourth-order valence-electron chi connectivity index (χ4n) is 9.37. The molecule has 1 amide bonds. The number of nitrogens with zero attached hydrogens (tertiary/aromatic N) is 8. The number of hydrogen-bond acceptors (Lipinski definition) is 12. The maximum atomic E-state index is 13.9. The standard InChI is InChI=1S/C61H58N8O7S/c1-7-20-55-62-52(41-77-49-36-33-47(34-37-49)75-48-35-38-53(69(72)73)54(39-48)66(6)59(71)76-60(3,4)5)56(58(70)74-8-2)67(55)40-42-29-31-43(32-30-42)50-27-18-19-28-51(50)57-63-64-65-68(57)61(44-21-12-9-13-22-44,45-23-14-10-15-24-45)46-25-16-11-17-26-46/h9-19,21-39H,7-8,20,40-41H2,1-6H3. The summed E-state index contributed by atoms with van der Waals surface area (Å²) in [6.45, 7) is 9.63. The maximum Gasteiger partial charge on any atom is 0.414 e. The van der Waals surface area contributed by atoms with Crippen LogP contribution in [0, 0.1) is 10.1 Å². The highest BCUT2D eigenvalue weighted by atomic mass is 32.2. The number of rotatable bonds is 19. The van der Waals surface area contributed by atoms with Crippen LogP contribution in [0.5, 0.6) is 11.5 Å². The van der Waals surface area contributed by atoms with Gasteiger partial charge in [0.1, 0.15) is 34.2 Å². The van der Waals surface area contributed by atoms with E-state index < -0.39 is 28.1 Å². The molecule has 0 bridgehead atoms. The number of hydrogen-bond donors (Lipinski definition) is 0. The van der Waals surface area contributed by atoms with Gasteiger partial charge in [-0.3, -0.25) is 15.0 Å². The highest BCUT2D eigenvalue weighted by Gasteiger charge is 2.42. The van der Waals surface area contributed by atoms with Crippen molar-refractivity contribution < 1.29 is 28.7 Å². The zero-order valence-electron chi connectivity index (χ0n) is 43.7. The zero-order valence-corrected chi connectivity index (χ0v) is 44.5. The van der Waals surface area contributed by atoms with Crippen LogP contribution in [0.3, 0.4) is 0 Å². The molecule has 0 atom stereocenters. The van der Waals surface area contributed by atoms with Crippen LogP contribution in [0.2, 0.25) is 0 Å². The second-order valence-corrected chi connectivity index (χ2v) is 20.2. The molecule has 0 saturated carbocycles. The third kappa shape index (κ3) is 11.5. The van der Waals surface area contributed by atoms with Crippen molar-refractivity contribution in [2.75, 3.05) is 18.6 Å². The number of esters is 1. The normalized spacial score (nSPS) is 11.5. The van der Waals surface area contributed by atoms with Gasteiger partial charge in [0.05, 0.1) is 17.2 Å². The van der Waals surface area contributed by atoms with Gasteiger partial charge in [-0.05, 0) is 108 Å². The van der Waals surface area contributed by atoms with Gasteiger partial charge >= 0.3 is 12.1 Å². The van der Waals surface area contributed by atoms with E-state index in [4.69, 9.17) is 29.5 Å². The molecule has 0 radical (unpaired) electrons. The highest BCUT2D eigenvalue weighted by molar-refractivity contribution is 7.98. The smallest absolute Gasteiger partial charge is 0.414 e. The summed E-state index contributed by atoms with van der Waals surface area (Å²) in [5, 5.41) is 25.8. The zero-order chi connectivity index (χ0) is 54.1. The van der Waals surface area contributed by atoms with Gasteiger partial charge in [-0.2, -0.15) is 0 Å². The Hall–Kier alpha value is -8.89. The van der Waals surface area contributed by atoms with E-state index in [0.717, 1.165) is 61.0 Å². The minimum absolute atomic E-state index is 0.0249. The SMILES string of the molecule is CCCc1nc(CSc2ccc(Oc3ccc([N+](=O)[O-])c(N(C)C(=O)OC(C)(C)C)c3)cc2)c(C(=O)OCC)n1Cc1ccc(-c2ccccc2-c2nnnn2C(c2ccccc2)(c2ccccc2)c2ccccc2)cc1. The van der Waals surface area contributed by atoms with E-state index in [-0.39, 0.29) is 18.0 Å². The Morgan fingerprint density at radius 2 is 1.31 bits per heavy atom. The van der Waals surface area contributed by atoms with E-state index in [1.54, 1.807) is 39.8 Å². The van der Waals surface area contributed by atoms with Crippen LogP contribution in [0.15, 0.2) is 187 Å². The molecule has 77 heavy (non-hydrogen) atoms. The molecule has 2 heterocycles. The number of carbonyl (C=O) groups is 2. The van der Waals surface area contributed by atoms with Crippen LogP contribution in [0.1, 0.15) is 85.3 Å². The van der Waals surface area contributed by atoms with E-state index in [9.17, 15) is 19.7 Å². The lowest BCUT2D eigenvalue weighted by Gasteiger charge is -2.36. The summed E-state index contributed by atoms with van der Waals surface area (Å²) in [5.41, 5.74) is 5.80. The van der Waals surface area contributed by atoms with Crippen molar-refractivity contribution in [3.63, 3.8) is 0 Å². The first-order valence-corrected chi connectivity index (χ1v) is 26.3. The molecule has 0 fully saturated rings. The second-order valence-electron chi connectivity index (χ2n) is 19.2. The van der Waals surface area contributed by atoms with Crippen molar-refractivity contribution in [1.29, 1.82) is 0 Å². The Bertz CT molecular complexity index is 3390. The number of anilines is 1. The van der Waals surface area contributed by atoms with Crippen LogP contribution in [-0.4, -0.2) is 66.0 Å². The number of thioether (sulfide) groups is 1. The topological polar surface area (TPSA) is 170 Å². The summed E-state index contributed by atoms with van der Waals surface area (Å²) >= 11 is 1.51. The lowest BCUT2D eigenvalue weighted by Crippen LogP contribution is -2.39. The minimum Gasteiger partial charge on any atom is -0.461 e. The number of nitro groups is 1. The number of aryl methyl sites for hydroxylation is 1. The molecule has 390 valence electrons. The molecule has 0 aliphatic rings. The van der Waals surface area contributed by atoms with E-state index in [1.807, 2.05) is 88.1 Å². The molecule has 0 aliphatic carbocycles. The lowest BCUT2D eigenvalue weighted by molar-refractivity contribution is -0.384. The Morgan fingerprint density at radius 3 is 1.88 bits per heavy atom. The van der Waals surface area contributed by atoms with E-state index in [1.165, 1.54) is 37.0 Å². The highest BCUT2D eigenvalue weighted by Crippen LogP contribution is 2.44. The number of tetrazole rings is 1. The number of carbonyl (C=O) groups excluding carboxylic acids is 2. The van der Waals surface area contributed by atoms with Crippen molar-refractivity contribution in [1.82, 2.24) is 29.8 Å². The second kappa shape index (κ2) is 23.3. The first-order chi connectivity index (χ1) is 37.3. The molecule has 15 nitrogen and oxygen atoms in total. The van der Waals surface area contributed by atoms with Crippen molar-refractivity contribution in [3.05, 3.63) is 232 Å². The van der Waals surface area contributed by atoms with Crippen LogP contribution in [0.4, 0.5) is 16.2 Å². The summed E-state index contributed by atoms with van der Waals surface area (Å²) in [4.78, 5) is 45.2. The molecule has 7 aromatic carbocycles. The molecule has 0 unspecified atom stereocenters. The predicted molar refractivity (Wildman–Crippen MR) is 298 cm³/mol. The monoisotopic (exact) mass is 1050 g/mol. The molecular weight excluding hydrogens is 989 g/mol. The molecule has 0 spiro atoms. The predicted octanol–water partition coefficient (Wildman–Crippen LogP) is 13.6. The molecule has 16 heteroatoms. The van der Waals surface area contributed by atoms with Crippen LogP contribution in [-0.2, 0) is 33.7 Å². The van der Waals surface area contributed by atoms with E-state index in [0.29, 0.717) is 47.4 Å². The van der Waals surface area contributed by atoms with Gasteiger partial charge in [0.15, 0.2) is 11.5 Å². The molecule has 0 N–H and O–H groups in total. The fraction of sp³-hybridized carbons (Fsp3) is 0.213. The third-order valence-electron chi connectivity index (χ3n) is 12.8.